The fraction of sp³-hybridized carbons (Fsp3) is 0.469. The predicted molar refractivity (Wildman–Crippen MR) is 166 cm³/mol. The summed E-state index contributed by atoms with van der Waals surface area (Å²) in [6, 6.07) is 15.7. The molecule has 3 aliphatic heterocycles. The van der Waals surface area contributed by atoms with Crippen LogP contribution in [0.5, 0.6) is 5.75 Å². The number of aliphatic hydroxyl groups excluding tert-OH is 1. The molecule has 0 bridgehead atoms. The Balaban J connectivity index is 1.06. The zero-order chi connectivity index (χ0) is 32.0. The maximum absolute atomic E-state index is 15.0. The number of aliphatic hydroxyl groups is 1. The average molecular weight is 633 g/mol. The molecular formula is C32H37FN8O5. The molecule has 3 aromatic rings. The molecule has 0 unspecified atom stereocenters. The number of benzene rings is 2. The number of amides is 1. The van der Waals surface area contributed by atoms with E-state index in [-0.39, 0.29) is 37.4 Å². The summed E-state index contributed by atoms with van der Waals surface area (Å²) in [5.41, 5.74) is 2.76. The van der Waals surface area contributed by atoms with Gasteiger partial charge in [0.15, 0.2) is 18.1 Å². The lowest BCUT2D eigenvalue weighted by Gasteiger charge is -2.43. The number of ether oxygens (including phenoxy) is 3. The quantitative estimate of drug-likeness (QED) is 0.337. The third-order valence-corrected chi connectivity index (χ3v) is 8.55. The lowest BCUT2D eigenvalue weighted by Crippen LogP contribution is -2.56. The second kappa shape index (κ2) is 14.3. The lowest BCUT2D eigenvalue weighted by molar-refractivity contribution is -0.146. The van der Waals surface area contributed by atoms with Crippen LogP contribution in [-0.4, -0.2) is 126 Å². The van der Waals surface area contributed by atoms with Gasteiger partial charge in [0.05, 0.1) is 38.0 Å². The molecule has 0 saturated carbocycles. The molecule has 0 spiro atoms. The van der Waals surface area contributed by atoms with Crippen LogP contribution in [0.15, 0.2) is 48.8 Å². The Morgan fingerprint density at radius 1 is 1.15 bits per heavy atom. The molecule has 3 aliphatic rings. The lowest BCUT2D eigenvalue weighted by atomic mass is 10.0. The molecule has 1 aromatic heterocycles. The molecule has 242 valence electrons. The zero-order valence-electron chi connectivity index (χ0n) is 25.6. The number of carbonyl (C=O) groups excluding carboxylic acids is 1. The van der Waals surface area contributed by atoms with Crippen LogP contribution in [-0.2, 0) is 14.3 Å². The number of nitriles is 1. The molecular weight excluding hydrogens is 595 g/mol. The van der Waals surface area contributed by atoms with Crippen molar-refractivity contribution < 1.29 is 28.5 Å². The smallest absolute Gasteiger partial charge is 0.253 e. The number of nitrogens with one attached hydrogen (secondary N) is 1. The molecule has 13 nitrogen and oxygen atoms in total. The SMILES string of the molecule is COC[C@@H](O)C(=O)N1CC[C@H](Oc2ccc(-c3ncnc(Nc4ccc(N5CCN(C6COC6)CC5)cc4)n3)cc2C#N)[C@@H](F)C1. The molecule has 3 saturated heterocycles. The van der Waals surface area contributed by atoms with Crippen LogP contribution in [0.3, 0.4) is 0 Å². The van der Waals surface area contributed by atoms with Crippen LogP contribution in [0.25, 0.3) is 11.4 Å². The maximum atomic E-state index is 15.0. The van der Waals surface area contributed by atoms with Gasteiger partial charge in [0, 0.05) is 63.2 Å². The summed E-state index contributed by atoms with van der Waals surface area (Å²) in [6.07, 6.45) is -2.09. The Kier molecular flexibility index (Phi) is 9.84. The third kappa shape index (κ3) is 7.18. The van der Waals surface area contributed by atoms with Gasteiger partial charge in [-0.3, -0.25) is 9.69 Å². The van der Waals surface area contributed by atoms with E-state index >= 15 is 4.39 Å². The Morgan fingerprint density at radius 3 is 2.61 bits per heavy atom. The first-order valence-electron chi connectivity index (χ1n) is 15.4. The Morgan fingerprint density at radius 2 is 1.93 bits per heavy atom. The number of piperidine rings is 1. The highest BCUT2D eigenvalue weighted by atomic mass is 19.1. The number of halogens is 1. The van der Waals surface area contributed by atoms with Gasteiger partial charge in [0.25, 0.3) is 5.91 Å². The first kappa shape index (κ1) is 31.6. The van der Waals surface area contributed by atoms with Crippen LogP contribution >= 0.6 is 0 Å². The Labute approximate surface area is 266 Å². The first-order chi connectivity index (χ1) is 22.4. The summed E-state index contributed by atoms with van der Waals surface area (Å²) in [6.45, 7) is 5.52. The highest BCUT2D eigenvalue weighted by molar-refractivity contribution is 5.81. The highest BCUT2D eigenvalue weighted by Crippen LogP contribution is 2.29. The van der Waals surface area contributed by atoms with Crippen LogP contribution in [0.2, 0.25) is 0 Å². The zero-order valence-corrected chi connectivity index (χ0v) is 25.6. The van der Waals surface area contributed by atoms with Crippen molar-refractivity contribution in [3.05, 3.63) is 54.4 Å². The summed E-state index contributed by atoms with van der Waals surface area (Å²) < 4.78 is 31.1. The standard InChI is InChI=1S/C32H37FN8O5/c1-44-19-27(42)31(43)41-9-8-29(26(33)16-41)46-28-7-2-21(14-22(28)15-34)30-35-20-36-32(38-30)37-23-3-5-24(6-4-23)39-10-12-40(13-11-39)25-17-45-18-25/h2-7,14,20,25-27,29,42H,8-13,16-19H2,1H3,(H,35,36,37,38)/t26-,27+,29-/m0/s1. The molecule has 4 heterocycles. The van der Waals surface area contributed by atoms with E-state index in [1.54, 1.807) is 18.2 Å². The average Bonchev–Trinajstić information content (AvgIpc) is 3.05. The van der Waals surface area contributed by atoms with Crippen LogP contribution < -0.4 is 15.0 Å². The molecule has 3 fully saturated rings. The summed E-state index contributed by atoms with van der Waals surface area (Å²) in [5.74, 6) is 0.351. The van der Waals surface area contributed by atoms with Crippen molar-refractivity contribution in [3.8, 4) is 23.2 Å². The van der Waals surface area contributed by atoms with Crippen molar-refractivity contribution in [2.45, 2.75) is 30.8 Å². The molecule has 2 aromatic carbocycles. The number of carbonyl (C=O) groups is 1. The summed E-state index contributed by atoms with van der Waals surface area (Å²) in [7, 11) is 1.37. The minimum absolute atomic E-state index is 0.161. The van der Waals surface area contributed by atoms with Gasteiger partial charge in [0.2, 0.25) is 5.95 Å². The molecule has 1 amide bonds. The van der Waals surface area contributed by atoms with Crippen LogP contribution in [0, 0.1) is 11.3 Å². The summed E-state index contributed by atoms with van der Waals surface area (Å²) in [4.78, 5) is 31.5. The van der Waals surface area contributed by atoms with Crippen molar-refractivity contribution in [2.24, 2.45) is 0 Å². The molecule has 46 heavy (non-hydrogen) atoms. The number of methoxy groups -OCH3 is 1. The van der Waals surface area contributed by atoms with Crippen molar-refractivity contribution >= 4 is 23.2 Å². The van der Waals surface area contributed by atoms with Gasteiger partial charge in [-0.15, -0.1) is 0 Å². The Hall–Kier alpha value is -4.42. The minimum atomic E-state index is -1.50. The summed E-state index contributed by atoms with van der Waals surface area (Å²) >= 11 is 0. The van der Waals surface area contributed by atoms with Crippen molar-refractivity contribution in [3.63, 3.8) is 0 Å². The van der Waals surface area contributed by atoms with Gasteiger partial charge in [-0.2, -0.15) is 10.2 Å². The number of hydrogen-bond donors (Lipinski definition) is 2. The number of aromatic nitrogens is 3. The molecule has 3 atom stereocenters. The molecule has 14 heteroatoms. The molecule has 0 radical (unpaired) electrons. The van der Waals surface area contributed by atoms with E-state index in [1.807, 2.05) is 12.1 Å². The number of hydrogen-bond acceptors (Lipinski definition) is 12. The largest absolute Gasteiger partial charge is 0.486 e. The van der Waals surface area contributed by atoms with E-state index in [1.165, 1.54) is 18.3 Å². The second-order valence-corrected chi connectivity index (χ2v) is 11.6. The van der Waals surface area contributed by atoms with E-state index in [0.29, 0.717) is 23.4 Å². The topological polar surface area (TPSA) is 149 Å². The second-order valence-electron chi connectivity index (χ2n) is 11.6. The van der Waals surface area contributed by atoms with Gasteiger partial charge in [-0.05, 0) is 42.5 Å². The van der Waals surface area contributed by atoms with E-state index in [4.69, 9.17) is 14.2 Å². The first-order valence-corrected chi connectivity index (χ1v) is 15.4. The number of anilines is 3. The predicted octanol–water partition coefficient (Wildman–Crippen LogP) is 2.00. The number of likely N-dealkylation sites (tertiary alicyclic amines) is 1. The monoisotopic (exact) mass is 632 g/mol. The third-order valence-electron chi connectivity index (χ3n) is 8.55. The van der Waals surface area contributed by atoms with E-state index in [2.05, 4.69) is 48.3 Å². The van der Waals surface area contributed by atoms with Crippen molar-refractivity contribution in [1.29, 1.82) is 5.26 Å². The van der Waals surface area contributed by atoms with E-state index in [9.17, 15) is 15.2 Å². The fourth-order valence-corrected chi connectivity index (χ4v) is 5.84. The van der Waals surface area contributed by atoms with Crippen LogP contribution in [0.4, 0.5) is 21.7 Å². The van der Waals surface area contributed by atoms with Crippen molar-refractivity contribution in [2.75, 3.05) is 76.4 Å². The van der Waals surface area contributed by atoms with Gasteiger partial charge in [-0.25, -0.2) is 14.4 Å². The number of nitrogens with zero attached hydrogens (tertiary/aromatic N) is 7. The molecule has 2 N–H and O–H groups in total. The van der Waals surface area contributed by atoms with Gasteiger partial charge < -0.3 is 34.4 Å². The molecule has 0 aliphatic carbocycles. The normalized spacial score (nSPS) is 21.3. The van der Waals surface area contributed by atoms with Gasteiger partial charge >= 0.3 is 0 Å². The van der Waals surface area contributed by atoms with Crippen molar-refractivity contribution in [1.82, 2.24) is 24.8 Å². The number of rotatable bonds is 10. The number of piperazine rings is 1. The summed E-state index contributed by atoms with van der Waals surface area (Å²) in [5, 5.41) is 22.9. The van der Waals surface area contributed by atoms with E-state index < -0.39 is 24.3 Å². The molecule has 6 rings (SSSR count). The minimum Gasteiger partial charge on any atom is -0.486 e. The Bertz CT molecular complexity index is 1540. The van der Waals surface area contributed by atoms with Crippen LogP contribution in [0.1, 0.15) is 12.0 Å². The fourth-order valence-electron chi connectivity index (χ4n) is 5.84. The number of alkyl halides is 1. The van der Waals surface area contributed by atoms with E-state index in [0.717, 1.165) is 50.8 Å². The van der Waals surface area contributed by atoms with Gasteiger partial charge in [-0.1, -0.05) is 0 Å². The van der Waals surface area contributed by atoms with Gasteiger partial charge in [0.1, 0.15) is 24.3 Å². The maximum Gasteiger partial charge on any atom is 0.253 e. The highest BCUT2D eigenvalue weighted by Gasteiger charge is 2.35.